The molecule has 1 N–H and O–H groups in total. The summed E-state index contributed by atoms with van der Waals surface area (Å²) in [5, 5.41) is 7.96. The highest BCUT2D eigenvalue weighted by molar-refractivity contribution is 6.30. The number of halogens is 1. The summed E-state index contributed by atoms with van der Waals surface area (Å²) in [6.07, 6.45) is 0. The number of aryl methyl sites for hydroxylation is 2. The van der Waals surface area contributed by atoms with E-state index in [1.807, 2.05) is 74.5 Å². The Labute approximate surface area is 174 Å². The summed E-state index contributed by atoms with van der Waals surface area (Å²) in [7, 11) is 0. The zero-order valence-electron chi connectivity index (χ0n) is 16.1. The number of rotatable bonds is 4. The number of aromatic nitrogens is 3. The van der Waals surface area contributed by atoms with Gasteiger partial charge in [-0.2, -0.15) is 0 Å². The summed E-state index contributed by atoms with van der Waals surface area (Å²) in [6.45, 7) is 4.01. The van der Waals surface area contributed by atoms with Gasteiger partial charge in [0.1, 0.15) is 0 Å². The highest BCUT2D eigenvalue weighted by atomic mass is 35.5. The number of nitrogens with zero attached hydrogens (tertiary/aromatic N) is 3. The predicted molar refractivity (Wildman–Crippen MR) is 116 cm³/mol. The van der Waals surface area contributed by atoms with E-state index in [9.17, 15) is 4.79 Å². The predicted octanol–water partition coefficient (Wildman–Crippen LogP) is 5.46. The maximum absolute atomic E-state index is 12.8. The zero-order chi connectivity index (χ0) is 20.4. The van der Waals surface area contributed by atoms with Crippen LogP contribution in [0.3, 0.4) is 0 Å². The van der Waals surface area contributed by atoms with Crippen LogP contribution >= 0.6 is 11.6 Å². The molecule has 0 aliphatic carbocycles. The molecule has 0 fully saturated rings. The van der Waals surface area contributed by atoms with Crippen molar-refractivity contribution in [3.05, 3.63) is 94.8 Å². The molecule has 29 heavy (non-hydrogen) atoms. The largest absolute Gasteiger partial charge is 0.319 e. The molecule has 0 saturated heterocycles. The zero-order valence-corrected chi connectivity index (χ0v) is 16.8. The lowest BCUT2D eigenvalue weighted by Gasteiger charge is -2.06. The molecule has 0 unspecified atom stereocenters. The molecule has 1 heterocycles. The molecule has 1 aromatic heterocycles. The Balaban J connectivity index is 1.74. The van der Waals surface area contributed by atoms with Crippen LogP contribution in [-0.4, -0.2) is 20.7 Å². The molecule has 6 heteroatoms. The lowest BCUT2D eigenvalue weighted by molar-refractivity contribution is 0.101. The van der Waals surface area contributed by atoms with Crippen molar-refractivity contribution in [2.75, 3.05) is 5.32 Å². The van der Waals surface area contributed by atoms with E-state index in [2.05, 4.69) is 15.4 Å². The average molecular weight is 403 g/mol. The van der Waals surface area contributed by atoms with E-state index >= 15 is 0 Å². The molecular weight excluding hydrogens is 384 g/mol. The topological polar surface area (TPSA) is 59.8 Å². The van der Waals surface area contributed by atoms with E-state index in [1.165, 1.54) is 0 Å². The van der Waals surface area contributed by atoms with E-state index in [0.717, 1.165) is 22.4 Å². The van der Waals surface area contributed by atoms with Crippen molar-refractivity contribution >= 4 is 23.2 Å². The summed E-state index contributed by atoms with van der Waals surface area (Å²) < 4.78 is 1.67. The number of hydrogen-bond acceptors (Lipinski definition) is 3. The van der Waals surface area contributed by atoms with Gasteiger partial charge in [-0.3, -0.25) is 4.79 Å². The van der Waals surface area contributed by atoms with E-state index in [4.69, 9.17) is 11.6 Å². The third-order valence-electron chi connectivity index (χ3n) is 4.50. The highest BCUT2D eigenvalue weighted by Gasteiger charge is 2.19. The molecule has 0 atom stereocenters. The smallest absolute Gasteiger partial charge is 0.295 e. The van der Waals surface area contributed by atoms with Gasteiger partial charge >= 0.3 is 0 Å². The van der Waals surface area contributed by atoms with Crippen molar-refractivity contribution in [1.29, 1.82) is 0 Å². The second kappa shape index (κ2) is 7.89. The van der Waals surface area contributed by atoms with Gasteiger partial charge in [0.25, 0.3) is 5.91 Å². The van der Waals surface area contributed by atoms with Crippen LogP contribution in [0.4, 0.5) is 5.69 Å². The molecule has 144 valence electrons. The van der Waals surface area contributed by atoms with E-state index < -0.39 is 0 Å². The molecule has 4 rings (SSSR count). The summed E-state index contributed by atoms with van der Waals surface area (Å²) in [5.74, 6) is 0.297. The van der Waals surface area contributed by atoms with Gasteiger partial charge in [-0.05, 0) is 62.4 Å². The Morgan fingerprint density at radius 1 is 0.862 bits per heavy atom. The highest BCUT2D eigenvalue weighted by Crippen LogP contribution is 2.23. The molecule has 0 aliphatic rings. The summed E-state index contributed by atoms with van der Waals surface area (Å²) in [4.78, 5) is 17.3. The minimum atomic E-state index is -0.366. The molecule has 4 aromatic rings. The molecule has 0 bridgehead atoms. The maximum Gasteiger partial charge on any atom is 0.295 e. The summed E-state index contributed by atoms with van der Waals surface area (Å²) in [5.41, 5.74) is 4.59. The van der Waals surface area contributed by atoms with Crippen LogP contribution in [-0.2, 0) is 0 Å². The molecule has 0 spiro atoms. The fourth-order valence-corrected chi connectivity index (χ4v) is 3.01. The first kappa shape index (κ1) is 18.9. The number of carbonyl (C=O) groups is 1. The van der Waals surface area contributed by atoms with Gasteiger partial charge in [0.15, 0.2) is 5.82 Å². The van der Waals surface area contributed by atoms with Crippen LogP contribution in [0.25, 0.3) is 17.1 Å². The quantitative estimate of drug-likeness (QED) is 0.493. The lowest BCUT2D eigenvalue weighted by atomic mass is 10.2. The monoisotopic (exact) mass is 402 g/mol. The number of anilines is 1. The third-order valence-corrected chi connectivity index (χ3v) is 4.75. The normalized spacial score (nSPS) is 10.7. The van der Waals surface area contributed by atoms with Gasteiger partial charge in [0, 0.05) is 16.3 Å². The SMILES string of the molecule is Cc1ccc(NC(=O)c2nc(-c3ccc(Cl)cc3)n(-c3ccc(C)cc3)n2)cc1. The van der Waals surface area contributed by atoms with Crippen LogP contribution in [0.15, 0.2) is 72.8 Å². The fourth-order valence-electron chi connectivity index (χ4n) is 2.88. The second-order valence-electron chi connectivity index (χ2n) is 6.83. The molecule has 0 radical (unpaired) electrons. The lowest BCUT2D eigenvalue weighted by Crippen LogP contribution is -2.14. The van der Waals surface area contributed by atoms with Gasteiger partial charge in [0.05, 0.1) is 5.69 Å². The first-order valence-electron chi connectivity index (χ1n) is 9.18. The molecule has 5 nitrogen and oxygen atoms in total. The van der Waals surface area contributed by atoms with Crippen LogP contribution in [0.5, 0.6) is 0 Å². The number of amides is 1. The van der Waals surface area contributed by atoms with Crippen molar-refractivity contribution in [3.8, 4) is 17.1 Å². The molecular formula is C23H19ClN4O. The first-order chi connectivity index (χ1) is 14.0. The Hall–Kier alpha value is -3.44. The maximum atomic E-state index is 12.8. The number of benzene rings is 3. The van der Waals surface area contributed by atoms with Crippen LogP contribution < -0.4 is 5.32 Å². The average Bonchev–Trinajstić information content (AvgIpc) is 3.16. The Morgan fingerprint density at radius 3 is 2.07 bits per heavy atom. The molecule has 3 aromatic carbocycles. The third kappa shape index (κ3) is 4.20. The summed E-state index contributed by atoms with van der Waals surface area (Å²) >= 11 is 6.02. The second-order valence-corrected chi connectivity index (χ2v) is 7.27. The van der Waals surface area contributed by atoms with Crippen molar-refractivity contribution in [1.82, 2.24) is 14.8 Å². The molecule has 0 saturated carbocycles. The number of hydrogen-bond donors (Lipinski definition) is 1. The number of nitrogens with one attached hydrogen (secondary N) is 1. The van der Waals surface area contributed by atoms with Crippen molar-refractivity contribution < 1.29 is 4.79 Å². The minimum Gasteiger partial charge on any atom is -0.319 e. The van der Waals surface area contributed by atoms with E-state index in [-0.39, 0.29) is 11.7 Å². The van der Waals surface area contributed by atoms with E-state index in [1.54, 1.807) is 16.8 Å². The standard InChI is InChI=1S/C23H19ClN4O/c1-15-3-11-19(12-4-15)25-23(29)21-26-22(17-7-9-18(24)10-8-17)28(27-21)20-13-5-16(2)6-14-20/h3-14H,1-2H3,(H,25,29). The van der Waals surface area contributed by atoms with E-state index in [0.29, 0.717) is 16.5 Å². The molecule has 1 amide bonds. The Bertz CT molecular complexity index is 1080. The molecule has 0 aliphatic heterocycles. The van der Waals surface area contributed by atoms with Gasteiger partial charge in [-0.25, -0.2) is 9.67 Å². The van der Waals surface area contributed by atoms with Gasteiger partial charge in [0.2, 0.25) is 5.82 Å². The van der Waals surface area contributed by atoms with Gasteiger partial charge in [-0.1, -0.05) is 47.0 Å². The minimum absolute atomic E-state index is 0.0936. The van der Waals surface area contributed by atoms with Crippen molar-refractivity contribution in [3.63, 3.8) is 0 Å². The number of carbonyl (C=O) groups excluding carboxylic acids is 1. The van der Waals surface area contributed by atoms with Crippen molar-refractivity contribution in [2.45, 2.75) is 13.8 Å². The summed E-state index contributed by atoms with van der Waals surface area (Å²) in [6, 6.07) is 22.8. The van der Waals surface area contributed by atoms with Gasteiger partial charge in [-0.15, -0.1) is 5.10 Å². The fraction of sp³-hybridized carbons (Fsp3) is 0.0870. The van der Waals surface area contributed by atoms with Gasteiger partial charge < -0.3 is 5.32 Å². The van der Waals surface area contributed by atoms with Crippen LogP contribution in [0.1, 0.15) is 21.7 Å². The van der Waals surface area contributed by atoms with Crippen LogP contribution in [0.2, 0.25) is 5.02 Å². The Morgan fingerprint density at radius 2 is 1.45 bits per heavy atom. The van der Waals surface area contributed by atoms with Crippen LogP contribution in [0, 0.1) is 13.8 Å². The van der Waals surface area contributed by atoms with Crippen molar-refractivity contribution in [2.24, 2.45) is 0 Å². The Kier molecular flexibility index (Phi) is 5.14. The first-order valence-corrected chi connectivity index (χ1v) is 9.55.